The monoisotopic (exact) mass is 221 g/mol. The van der Waals surface area contributed by atoms with E-state index in [2.05, 4.69) is 5.32 Å². The number of urea groups is 1. The number of nitrogens with one attached hydrogen (secondary N) is 1. The third-order valence-corrected chi connectivity index (χ3v) is 2.16. The lowest BCUT2D eigenvalue weighted by Crippen LogP contribution is -2.31. The normalized spacial score (nSPS) is 15.1. The lowest BCUT2D eigenvalue weighted by Gasteiger charge is -2.11. The second kappa shape index (κ2) is 3.61. The molecule has 1 fully saturated rings. The van der Waals surface area contributed by atoms with Crippen molar-refractivity contribution in [3.05, 3.63) is 34.4 Å². The summed E-state index contributed by atoms with van der Waals surface area (Å²) in [5.41, 5.74) is -0.277. The SMILES string of the molecule is O=C1CNC(=O)N1c1ccccc1[N+](=O)[O-]. The van der Waals surface area contributed by atoms with Gasteiger partial charge < -0.3 is 5.32 Å². The number of rotatable bonds is 2. The highest BCUT2D eigenvalue weighted by molar-refractivity contribution is 6.20. The van der Waals surface area contributed by atoms with Gasteiger partial charge in [0.05, 0.1) is 11.5 Å². The molecular formula is C9H7N3O4. The van der Waals surface area contributed by atoms with Crippen molar-refractivity contribution in [3.63, 3.8) is 0 Å². The highest BCUT2D eigenvalue weighted by Crippen LogP contribution is 2.28. The van der Waals surface area contributed by atoms with Gasteiger partial charge in [0.25, 0.3) is 11.6 Å². The molecule has 1 heterocycles. The zero-order valence-corrected chi connectivity index (χ0v) is 8.04. The average Bonchev–Trinajstić information content (AvgIpc) is 2.58. The van der Waals surface area contributed by atoms with Gasteiger partial charge in [0.1, 0.15) is 5.69 Å². The fraction of sp³-hybridized carbons (Fsp3) is 0.111. The smallest absolute Gasteiger partial charge is 0.328 e. The number of carbonyl (C=O) groups excluding carboxylic acids is 2. The molecule has 1 aliphatic heterocycles. The first-order valence-electron chi connectivity index (χ1n) is 4.45. The number of nitrogens with zero attached hydrogens (tertiary/aromatic N) is 2. The lowest BCUT2D eigenvalue weighted by molar-refractivity contribution is -0.384. The maximum Gasteiger partial charge on any atom is 0.329 e. The minimum absolute atomic E-state index is 0.00694. The summed E-state index contributed by atoms with van der Waals surface area (Å²) in [4.78, 5) is 33.6. The Balaban J connectivity index is 2.51. The molecule has 0 atom stereocenters. The van der Waals surface area contributed by atoms with E-state index in [4.69, 9.17) is 0 Å². The molecule has 7 heteroatoms. The molecule has 1 aromatic rings. The number of hydrogen-bond donors (Lipinski definition) is 1. The van der Waals surface area contributed by atoms with E-state index in [1.165, 1.54) is 24.3 Å². The lowest BCUT2D eigenvalue weighted by atomic mass is 10.2. The zero-order chi connectivity index (χ0) is 11.7. The topological polar surface area (TPSA) is 92.6 Å². The Morgan fingerprint density at radius 1 is 1.31 bits per heavy atom. The van der Waals surface area contributed by atoms with Crippen LogP contribution in [0.2, 0.25) is 0 Å². The van der Waals surface area contributed by atoms with E-state index in [1.54, 1.807) is 0 Å². The fourth-order valence-corrected chi connectivity index (χ4v) is 1.47. The Morgan fingerprint density at radius 3 is 2.56 bits per heavy atom. The Kier molecular flexibility index (Phi) is 2.28. The van der Waals surface area contributed by atoms with Crippen molar-refractivity contribution in [2.45, 2.75) is 0 Å². The number of carbonyl (C=O) groups is 2. The number of nitro groups is 1. The number of nitro benzene ring substituents is 1. The highest BCUT2D eigenvalue weighted by Gasteiger charge is 2.34. The van der Waals surface area contributed by atoms with Gasteiger partial charge in [-0.15, -0.1) is 0 Å². The molecule has 3 amide bonds. The summed E-state index contributed by atoms with van der Waals surface area (Å²) in [6.07, 6.45) is 0. The molecule has 1 N–H and O–H groups in total. The maximum atomic E-state index is 11.4. The Bertz CT molecular complexity index is 469. The molecule has 1 saturated heterocycles. The van der Waals surface area contributed by atoms with Gasteiger partial charge in [-0.3, -0.25) is 14.9 Å². The van der Waals surface area contributed by atoms with Crippen LogP contribution < -0.4 is 10.2 Å². The first kappa shape index (κ1) is 10.1. The molecule has 0 bridgehead atoms. The van der Waals surface area contributed by atoms with E-state index in [0.29, 0.717) is 0 Å². The summed E-state index contributed by atoms with van der Waals surface area (Å²) in [5, 5.41) is 13.0. The van der Waals surface area contributed by atoms with Crippen LogP contribution in [0.5, 0.6) is 0 Å². The predicted octanol–water partition coefficient (Wildman–Crippen LogP) is 0.651. The van der Waals surface area contributed by atoms with Crippen molar-refractivity contribution in [3.8, 4) is 0 Å². The number of imide groups is 1. The molecule has 0 aliphatic carbocycles. The summed E-state index contributed by atoms with van der Waals surface area (Å²) >= 11 is 0. The minimum Gasteiger partial charge on any atom is -0.328 e. The molecular weight excluding hydrogens is 214 g/mol. The quantitative estimate of drug-likeness (QED) is 0.450. The molecule has 0 radical (unpaired) electrons. The molecule has 0 unspecified atom stereocenters. The standard InChI is InChI=1S/C9H7N3O4/c13-8-5-10-9(14)11(8)6-3-1-2-4-7(6)12(15)16/h1-4H,5H2,(H,10,14). The van der Waals surface area contributed by atoms with E-state index in [-0.39, 0.29) is 17.9 Å². The van der Waals surface area contributed by atoms with Gasteiger partial charge in [-0.05, 0) is 6.07 Å². The van der Waals surface area contributed by atoms with Crippen LogP contribution in [0.3, 0.4) is 0 Å². The first-order valence-corrected chi connectivity index (χ1v) is 4.45. The maximum absolute atomic E-state index is 11.4. The van der Waals surface area contributed by atoms with Crippen LogP contribution in [0.1, 0.15) is 0 Å². The second-order valence-electron chi connectivity index (χ2n) is 3.13. The summed E-state index contributed by atoms with van der Waals surface area (Å²) in [6, 6.07) is 4.97. The third kappa shape index (κ3) is 1.48. The Labute approximate surface area is 89.8 Å². The van der Waals surface area contributed by atoms with Crippen molar-refractivity contribution < 1.29 is 14.5 Å². The molecule has 0 saturated carbocycles. The van der Waals surface area contributed by atoms with E-state index in [1.807, 2.05) is 0 Å². The Hall–Kier alpha value is -2.44. The zero-order valence-electron chi connectivity index (χ0n) is 8.04. The van der Waals surface area contributed by atoms with E-state index in [0.717, 1.165) is 4.90 Å². The van der Waals surface area contributed by atoms with Crippen LogP contribution in [0.25, 0.3) is 0 Å². The van der Waals surface area contributed by atoms with Crippen LogP contribution in [0.15, 0.2) is 24.3 Å². The van der Waals surface area contributed by atoms with Gasteiger partial charge in [-0.25, -0.2) is 9.69 Å². The van der Waals surface area contributed by atoms with Crippen LogP contribution in [-0.4, -0.2) is 23.4 Å². The molecule has 16 heavy (non-hydrogen) atoms. The average molecular weight is 221 g/mol. The number of amides is 3. The Morgan fingerprint density at radius 2 is 2.00 bits per heavy atom. The molecule has 7 nitrogen and oxygen atoms in total. The van der Waals surface area contributed by atoms with Gasteiger partial charge in [-0.2, -0.15) is 0 Å². The van der Waals surface area contributed by atoms with Crippen LogP contribution in [0, 0.1) is 10.1 Å². The van der Waals surface area contributed by atoms with Gasteiger partial charge >= 0.3 is 6.03 Å². The molecule has 0 aromatic heterocycles. The summed E-state index contributed by atoms with van der Waals surface area (Å²) < 4.78 is 0. The van der Waals surface area contributed by atoms with E-state index in [9.17, 15) is 19.7 Å². The van der Waals surface area contributed by atoms with Crippen molar-refractivity contribution in [1.29, 1.82) is 0 Å². The second-order valence-corrected chi connectivity index (χ2v) is 3.13. The molecule has 1 aromatic carbocycles. The van der Waals surface area contributed by atoms with E-state index >= 15 is 0 Å². The van der Waals surface area contributed by atoms with Crippen molar-refractivity contribution in [1.82, 2.24) is 5.32 Å². The summed E-state index contributed by atoms with van der Waals surface area (Å²) in [6.45, 7) is -0.134. The van der Waals surface area contributed by atoms with Gasteiger partial charge in [0.15, 0.2) is 0 Å². The summed E-state index contributed by atoms with van der Waals surface area (Å²) in [7, 11) is 0. The molecule has 82 valence electrons. The molecule has 0 spiro atoms. The van der Waals surface area contributed by atoms with Crippen LogP contribution in [0.4, 0.5) is 16.2 Å². The number of anilines is 1. The van der Waals surface area contributed by atoms with Gasteiger partial charge in [-0.1, -0.05) is 12.1 Å². The summed E-state index contributed by atoms with van der Waals surface area (Å²) in [5.74, 6) is -0.501. The van der Waals surface area contributed by atoms with Crippen molar-refractivity contribution in [2.75, 3.05) is 11.4 Å². The minimum atomic E-state index is -0.640. The number of hydrogen-bond acceptors (Lipinski definition) is 4. The number of para-hydroxylation sites is 2. The molecule has 1 aliphatic rings. The third-order valence-electron chi connectivity index (χ3n) is 2.16. The largest absolute Gasteiger partial charge is 0.329 e. The van der Waals surface area contributed by atoms with E-state index < -0.39 is 16.9 Å². The van der Waals surface area contributed by atoms with Crippen molar-refractivity contribution >= 4 is 23.3 Å². The predicted molar refractivity (Wildman–Crippen MR) is 54.0 cm³/mol. The van der Waals surface area contributed by atoms with Crippen LogP contribution in [-0.2, 0) is 4.79 Å². The molecule has 2 rings (SSSR count). The van der Waals surface area contributed by atoms with Crippen molar-refractivity contribution in [2.24, 2.45) is 0 Å². The highest BCUT2D eigenvalue weighted by atomic mass is 16.6. The van der Waals surface area contributed by atoms with Gasteiger partial charge in [0.2, 0.25) is 0 Å². The van der Waals surface area contributed by atoms with Gasteiger partial charge in [0, 0.05) is 6.07 Å². The number of benzene rings is 1. The fourth-order valence-electron chi connectivity index (χ4n) is 1.47. The first-order chi connectivity index (χ1) is 7.61. The van der Waals surface area contributed by atoms with Crippen LogP contribution >= 0.6 is 0 Å².